The van der Waals surface area contributed by atoms with Crippen molar-refractivity contribution in [1.29, 1.82) is 0 Å². The molecule has 0 aromatic carbocycles. The van der Waals surface area contributed by atoms with E-state index in [1.807, 2.05) is 0 Å². The largest absolute Gasteiger partial charge is 1.00 e. The van der Waals surface area contributed by atoms with E-state index in [0.717, 1.165) is 0 Å². The average molecular weight is 422 g/mol. The molecule has 4 atom stereocenters. The Kier molecular flexibility index (Phi) is 25.4. The van der Waals surface area contributed by atoms with Gasteiger partial charge in [0, 0.05) is 47.8 Å². The molecule has 14 heteroatoms. The topological polar surface area (TPSA) is 213 Å². The van der Waals surface area contributed by atoms with Crippen LogP contribution in [-0.4, -0.2) is 36.0 Å². The zero-order chi connectivity index (χ0) is 18.5. The van der Waals surface area contributed by atoms with Gasteiger partial charge in [-0.2, -0.15) is 0 Å². The van der Waals surface area contributed by atoms with Gasteiger partial charge in [0.1, 0.15) is 0 Å². The van der Waals surface area contributed by atoms with E-state index in [1.54, 1.807) is 0 Å². The number of carbonyl (C=O) groups is 4. The Morgan fingerprint density at radius 1 is 0.704 bits per heavy atom. The zero-order valence-corrected chi connectivity index (χ0v) is 24.6. The number of rotatable bonds is 10. The normalized spacial score (nSPS) is 14.4. The van der Waals surface area contributed by atoms with E-state index in [0.29, 0.717) is 0 Å². The zero-order valence-electron chi connectivity index (χ0n) is 16.6. The Labute approximate surface area is 245 Å². The summed E-state index contributed by atoms with van der Waals surface area (Å²) in [6.07, 6.45) is -1.92. The van der Waals surface area contributed by atoms with Gasteiger partial charge in [-0.1, -0.05) is 13.8 Å². The predicted octanol–water partition coefficient (Wildman–Crippen LogP) is -18.3. The third kappa shape index (κ3) is 13.0. The Bertz CT molecular complexity index is 465. The van der Waals surface area contributed by atoms with Crippen LogP contribution in [0.2, 0.25) is 0 Å². The molecule has 0 saturated heterocycles. The summed E-state index contributed by atoms with van der Waals surface area (Å²) in [5, 5.41) is 43.4. The van der Waals surface area contributed by atoms with Crippen LogP contribution in [0.5, 0.6) is 0 Å². The van der Waals surface area contributed by atoms with Crippen molar-refractivity contribution in [2.75, 3.05) is 0 Å². The van der Waals surface area contributed by atoms with Gasteiger partial charge in [-0.05, 0) is 18.3 Å². The number of aliphatic carboxylic acids is 4. The molecular formula is C13H18N2Na4O8. The maximum atomic E-state index is 11.1. The molecule has 0 saturated carbocycles. The first-order valence-corrected chi connectivity index (χ1v) is 6.64. The minimum absolute atomic E-state index is 0. The molecule has 0 aromatic heterocycles. The van der Waals surface area contributed by atoms with Crippen molar-refractivity contribution in [1.82, 2.24) is 0 Å². The van der Waals surface area contributed by atoms with Crippen molar-refractivity contribution in [3.63, 3.8) is 0 Å². The number of hydrogen-bond donors (Lipinski definition) is 2. The van der Waals surface area contributed by atoms with Crippen molar-refractivity contribution < 1.29 is 158 Å². The molecule has 132 valence electrons. The maximum absolute atomic E-state index is 11.1. The van der Waals surface area contributed by atoms with Crippen LogP contribution in [0.1, 0.15) is 26.7 Å². The molecule has 4 N–H and O–H groups in total. The Morgan fingerprint density at radius 2 is 0.926 bits per heavy atom. The van der Waals surface area contributed by atoms with Crippen LogP contribution in [0.3, 0.4) is 0 Å². The van der Waals surface area contributed by atoms with Gasteiger partial charge in [-0.15, -0.1) is 0 Å². The van der Waals surface area contributed by atoms with Crippen LogP contribution < -0.4 is 150 Å². The van der Waals surface area contributed by atoms with Crippen molar-refractivity contribution >= 4 is 23.9 Å². The molecule has 4 unspecified atom stereocenters. The van der Waals surface area contributed by atoms with E-state index >= 15 is 0 Å². The van der Waals surface area contributed by atoms with Crippen LogP contribution in [0.4, 0.5) is 0 Å². The first-order valence-electron chi connectivity index (χ1n) is 6.64. The van der Waals surface area contributed by atoms with E-state index in [-0.39, 0.29) is 118 Å². The fourth-order valence-electron chi connectivity index (χ4n) is 2.33. The Balaban J connectivity index is -0.000000403. The molecule has 0 aliphatic heterocycles. The smallest absolute Gasteiger partial charge is 0.550 e. The predicted molar refractivity (Wildman–Crippen MR) is 66.0 cm³/mol. The van der Waals surface area contributed by atoms with Crippen molar-refractivity contribution in [3.8, 4) is 0 Å². The van der Waals surface area contributed by atoms with Crippen molar-refractivity contribution in [2.24, 2.45) is 28.7 Å². The summed E-state index contributed by atoms with van der Waals surface area (Å²) in [7, 11) is 0. The summed E-state index contributed by atoms with van der Waals surface area (Å²) in [5.41, 5.74) is 10.0. The first-order chi connectivity index (χ1) is 10.3. The third-order valence-electron chi connectivity index (χ3n) is 3.96. The SMILES string of the molecule is CC(C)(C(N)C(CC(=O)[O-])C(=O)[O-])C(N)C(CC(=O)[O-])C(=O)[O-].[Na+].[Na+].[Na+].[Na+]. The minimum atomic E-state index is -1.77. The number of carboxylic acids is 4. The number of carbonyl (C=O) groups excluding carboxylic acids is 4. The van der Waals surface area contributed by atoms with Crippen LogP contribution in [0.25, 0.3) is 0 Å². The van der Waals surface area contributed by atoms with Gasteiger partial charge in [0.05, 0.1) is 0 Å². The van der Waals surface area contributed by atoms with Gasteiger partial charge in [0.2, 0.25) is 0 Å². The minimum Gasteiger partial charge on any atom is -0.550 e. The molecule has 0 aromatic rings. The maximum Gasteiger partial charge on any atom is 1.00 e. The molecule has 0 bridgehead atoms. The van der Waals surface area contributed by atoms with Gasteiger partial charge >= 0.3 is 118 Å². The van der Waals surface area contributed by atoms with Crippen LogP contribution in [0, 0.1) is 17.3 Å². The fourth-order valence-corrected chi connectivity index (χ4v) is 2.33. The van der Waals surface area contributed by atoms with E-state index in [2.05, 4.69) is 0 Å². The Morgan fingerprint density at radius 3 is 1.07 bits per heavy atom. The summed E-state index contributed by atoms with van der Waals surface area (Å²) in [4.78, 5) is 43.4. The summed E-state index contributed by atoms with van der Waals surface area (Å²) in [6, 6.07) is -2.88. The molecule has 0 rings (SSSR count). The molecule has 0 spiro atoms. The van der Waals surface area contributed by atoms with Gasteiger partial charge in [0.15, 0.2) is 0 Å². The summed E-state index contributed by atoms with van der Waals surface area (Å²) >= 11 is 0. The van der Waals surface area contributed by atoms with E-state index < -0.39 is 66.1 Å². The molecule has 0 radical (unpaired) electrons. The Hall–Kier alpha value is 1.80. The molecule has 0 fully saturated rings. The van der Waals surface area contributed by atoms with E-state index in [9.17, 15) is 39.6 Å². The van der Waals surface area contributed by atoms with Crippen molar-refractivity contribution in [3.05, 3.63) is 0 Å². The second-order valence-electron chi connectivity index (χ2n) is 5.88. The van der Waals surface area contributed by atoms with Crippen molar-refractivity contribution in [2.45, 2.75) is 38.8 Å². The summed E-state index contributed by atoms with van der Waals surface area (Å²) in [5.74, 6) is -10.3. The summed E-state index contributed by atoms with van der Waals surface area (Å²) in [6.45, 7) is 2.58. The van der Waals surface area contributed by atoms with E-state index in [1.165, 1.54) is 13.8 Å². The van der Waals surface area contributed by atoms with Gasteiger partial charge in [0.25, 0.3) is 0 Å². The molecule has 0 heterocycles. The molecular weight excluding hydrogens is 404 g/mol. The molecule has 10 nitrogen and oxygen atoms in total. The second kappa shape index (κ2) is 17.5. The van der Waals surface area contributed by atoms with Gasteiger partial charge in [-0.3, -0.25) is 0 Å². The summed E-state index contributed by atoms with van der Waals surface area (Å²) < 4.78 is 0. The molecule has 0 amide bonds. The second-order valence-corrected chi connectivity index (χ2v) is 5.88. The van der Waals surface area contributed by atoms with Crippen LogP contribution in [0.15, 0.2) is 0 Å². The number of carboxylic acid groups (broad SMARTS) is 4. The van der Waals surface area contributed by atoms with Gasteiger partial charge in [-0.25, -0.2) is 0 Å². The number of nitrogens with two attached hydrogens (primary N) is 2. The van der Waals surface area contributed by atoms with Crippen LogP contribution in [-0.2, 0) is 19.2 Å². The monoisotopic (exact) mass is 422 g/mol. The molecule has 27 heavy (non-hydrogen) atoms. The van der Waals surface area contributed by atoms with Gasteiger partial charge < -0.3 is 51.1 Å². The van der Waals surface area contributed by atoms with E-state index in [4.69, 9.17) is 11.5 Å². The third-order valence-corrected chi connectivity index (χ3v) is 3.96. The standard InChI is InChI=1S/C13H22N2O8.4Na/c1-13(2,9(14)5(11(20)21)3-7(16)17)10(15)6(12(22)23)4-8(18)19;;;;/h5-6,9-10H,3-4,14-15H2,1-2H3,(H,16,17)(H,18,19)(H,20,21)(H,22,23);;;;/q;4*+1/p-4. The van der Waals surface area contributed by atoms with Crippen LogP contribution >= 0.6 is 0 Å². The quantitative estimate of drug-likeness (QED) is 0.317. The number of hydrogen-bond acceptors (Lipinski definition) is 10. The average Bonchev–Trinajstić information content (AvgIpc) is 2.39. The molecule has 0 aliphatic rings. The first kappa shape index (κ1) is 39.3. The fraction of sp³-hybridized carbons (Fsp3) is 0.692. The molecule has 0 aliphatic carbocycles.